The summed E-state index contributed by atoms with van der Waals surface area (Å²) in [6, 6.07) is -0.0884. The topological polar surface area (TPSA) is 87.7 Å². The Bertz CT molecular complexity index is 229. The fourth-order valence-electron chi connectivity index (χ4n) is 1.46. The lowest BCUT2D eigenvalue weighted by atomic mass is 10.1. The first kappa shape index (κ1) is 14.7. The van der Waals surface area contributed by atoms with Crippen LogP contribution in [0.25, 0.3) is 0 Å². The van der Waals surface area contributed by atoms with Gasteiger partial charge in [-0.2, -0.15) is 0 Å². The van der Waals surface area contributed by atoms with Crippen molar-refractivity contribution in [1.29, 1.82) is 0 Å². The van der Waals surface area contributed by atoms with Gasteiger partial charge in [0, 0.05) is 18.9 Å². The molecule has 4 N–H and O–H groups in total. The second-order valence-electron chi connectivity index (χ2n) is 4.07. The van der Waals surface area contributed by atoms with Crippen molar-refractivity contribution in [3.63, 3.8) is 0 Å². The highest BCUT2D eigenvalue weighted by Crippen LogP contribution is 2.02. The number of rotatable bonds is 8. The van der Waals surface area contributed by atoms with Crippen LogP contribution in [0.15, 0.2) is 5.16 Å². The van der Waals surface area contributed by atoms with Crippen molar-refractivity contribution in [2.24, 2.45) is 10.9 Å². The number of nitrogens with two attached hydrogens (primary N) is 1. The molecule has 1 amide bonds. The van der Waals surface area contributed by atoms with Gasteiger partial charge in [-0.1, -0.05) is 31.3 Å². The summed E-state index contributed by atoms with van der Waals surface area (Å²) >= 11 is 0. The van der Waals surface area contributed by atoms with Crippen LogP contribution >= 0.6 is 0 Å². The quantitative estimate of drug-likeness (QED) is 0.194. The average Bonchev–Trinajstić information content (AvgIpc) is 2.24. The molecule has 0 saturated heterocycles. The van der Waals surface area contributed by atoms with Crippen LogP contribution in [-0.4, -0.2) is 23.0 Å². The molecular weight excluding hydrogens is 206 g/mol. The molecule has 0 spiro atoms. The number of hydrogen-bond donors (Lipinski definition) is 3. The number of nitrogens with zero attached hydrogens (tertiary/aromatic N) is 1. The van der Waals surface area contributed by atoms with Gasteiger partial charge < -0.3 is 16.3 Å². The zero-order chi connectivity index (χ0) is 12.4. The first-order chi connectivity index (χ1) is 7.60. The third-order valence-electron chi connectivity index (χ3n) is 2.31. The number of nitrogens with one attached hydrogen (secondary N) is 1. The Kier molecular flexibility index (Phi) is 8.29. The molecule has 0 aromatic heterocycles. The van der Waals surface area contributed by atoms with Crippen molar-refractivity contribution in [3.05, 3.63) is 0 Å². The molecule has 0 radical (unpaired) electrons. The third-order valence-corrected chi connectivity index (χ3v) is 2.31. The number of amidine groups is 1. The summed E-state index contributed by atoms with van der Waals surface area (Å²) in [6.07, 6.45) is 5.29. The maximum atomic E-state index is 11.4. The molecule has 0 aliphatic rings. The van der Waals surface area contributed by atoms with Crippen LogP contribution in [0.3, 0.4) is 0 Å². The predicted octanol–water partition coefficient (Wildman–Crippen LogP) is 1.60. The van der Waals surface area contributed by atoms with Gasteiger partial charge in [-0.15, -0.1) is 0 Å². The molecule has 0 aliphatic heterocycles. The number of hydrogen-bond acceptors (Lipinski definition) is 3. The predicted molar refractivity (Wildman–Crippen MR) is 64.4 cm³/mol. The number of carbonyl (C=O) groups excluding carboxylic acids is 1. The minimum Gasteiger partial charge on any atom is -0.409 e. The molecule has 0 rings (SSSR count). The molecule has 0 bridgehead atoms. The number of unbranched alkanes of at least 4 members (excludes halogenated alkanes) is 3. The minimum atomic E-state index is -0.0884. The zero-order valence-electron chi connectivity index (χ0n) is 10.2. The van der Waals surface area contributed by atoms with Crippen molar-refractivity contribution < 1.29 is 10.0 Å². The van der Waals surface area contributed by atoms with Gasteiger partial charge in [0.1, 0.15) is 5.84 Å². The SMILES string of the molecule is CCCCCCC(=O)NC(C)CC(N)=NO. The Morgan fingerprint density at radius 2 is 2.12 bits per heavy atom. The summed E-state index contributed by atoms with van der Waals surface area (Å²) < 4.78 is 0. The van der Waals surface area contributed by atoms with Crippen LogP contribution in [0.4, 0.5) is 0 Å². The highest BCUT2D eigenvalue weighted by molar-refractivity contribution is 5.81. The number of carbonyl (C=O) groups is 1. The molecular formula is C11H23N3O2. The highest BCUT2D eigenvalue weighted by atomic mass is 16.4. The van der Waals surface area contributed by atoms with Crippen molar-refractivity contribution in [3.8, 4) is 0 Å². The van der Waals surface area contributed by atoms with E-state index in [1.54, 1.807) is 0 Å². The van der Waals surface area contributed by atoms with Crippen LogP contribution in [-0.2, 0) is 4.79 Å². The van der Waals surface area contributed by atoms with E-state index in [0.717, 1.165) is 12.8 Å². The molecule has 0 heterocycles. The lowest BCUT2D eigenvalue weighted by Crippen LogP contribution is -2.35. The molecule has 0 aromatic carbocycles. The van der Waals surface area contributed by atoms with E-state index in [4.69, 9.17) is 10.9 Å². The van der Waals surface area contributed by atoms with E-state index in [1.807, 2.05) is 6.92 Å². The van der Waals surface area contributed by atoms with E-state index in [2.05, 4.69) is 17.4 Å². The van der Waals surface area contributed by atoms with Gasteiger partial charge >= 0.3 is 0 Å². The molecule has 16 heavy (non-hydrogen) atoms. The first-order valence-corrected chi connectivity index (χ1v) is 5.85. The molecule has 0 aromatic rings. The molecule has 94 valence electrons. The summed E-state index contributed by atoms with van der Waals surface area (Å²) in [5.74, 6) is 0.174. The van der Waals surface area contributed by atoms with Crippen molar-refractivity contribution in [2.45, 2.75) is 58.4 Å². The summed E-state index contributed by atoms with van der Waals surface area (Å²) in [4.78, 5) is 11.4. The lowest BCUT2D eigenvalue weighted by molar-refractivity contribution is -0.121. The van der Waals surface area contributed by atoms with Crippen LogP contribution < -0.4 is 11.1 Å². The average molecular weight is 229 g/mol. The Labute approximate surface area is 97.1 Å². The third kappa shape index (κ3) is 8.08. The fourth-order valence-corrected chi connectivity index (χ4v) is 1.46. The van der Waals surface area contributed by atoms with Gasteiger partial charge in [0.2, 0.25) is 5.91 Å². The van der Waals surface area contributed by atoms with Crippen molar-refractivity contribution in [1.82, 2.24) is 5.32 Å². The summed E-state index contributed by atoms with van der Waals surface area (Å²) in [5, 5.41) is 14.0. The van der Waals surface area contributed by atoms with Crippen LogP contribution in [0.5, 0.6) is 0 Å². The molecule has 1 unspecified atom stereocenters. The summed E-state index contributed by atoms with van der Waals surface area (Å²) in [6.45, 7) is 3.97. The fraction of sp³-hybridized carbons (Fsp3) is 0.818. The molecule has 0 fully saturated rings. The number of amides is 1. The largest absolute Gasteiger partial charge is 0.409 e. The smallest absolute Gasteiger partial charge is 0.220 e. The van der Waals surface area contributed by atoms with Gasteiger partial charge in [-0.3, -0.25) is 4.79 Å². The number of oxime groups is 1. The maximum Gasteiger partial charge on any atom is 0.220 e. The van der Waals surface area contributed by atoms with Gasteiger partial charge in [-0.05, 0) is 13.3 Å². The Morgan fingerprint density at radius 1 is 1.44 bits per heavy atom. The van der Waals surface area contributed by atoms with E-state index in [-0.39, 0.29) is 17.8 Å². The van der Waals surface area contributed by atoms with Crippen LogP contribution in [0.2, 0.25) is 0 Å². The van der Waals surface area contributed by atoms with E-state index in [1.165, 1.54) is 12.8 Å². The van der Waals surface area contributed by atoms with Crippen molar-refractivity contribution >= 4 is 11.7 Å². The Balaban J connectivity index is 3.62. The molecule has 1 atom stereocenters. The maximum absolute atomic E-state index is 11.4. The first-order valence-electron chi connectivity index (χ1n) is 5.85. The van der Waals surface area contributed by atoms with Gasteiger partial charge in [0.25, 0.3) is 0 Å². The summed E-state index contributed by atoms with van der Waals surface area (Å²) in [7, 11) is 0. The van der Waals surface area contributed by atoms with Crippen LogP contribution in [0.1, 0.15) is 52.4 Å². The normalized spacial score (nSPS) is 13.5. The van der Waals surface area contributed by atoms with Crippen molar-refractivity contribution in [2.75, 3.05) is 0 Å². The monoisotopic (exact) mass is 229 g/mol. The molecule has 5 heteroatoms. The van der Waals surface area contributed by atoms with E-state index < -0.39 is 0 Å². The minimum absolute atomic E-state index is 0.0364. The van der Waals surface area contributed by atoms with Gasteiger partial charge in [0.15, 0.2) is 0 Å². The molecule has 0 aliphatic carbocycles. The standard InChI is InChI=1S/C11H23N3O2/c1-3-4-5-6-7-11(15)13-9(2)8-10(12)14-16/h9,16H,3-8H2,1-2H3,(H2,12,14)(H,13,15). The second kappa shape index (κ2) is 9.00. The Hall–Kier alpha value is -1.26. The van der Waals surface area contributed by atoms with Crippen LogP contribution in [0, 0.1) is 0 Å². The summed E-state index contributed by atoms with van der Waals surface area (Å²) in [5.41, 5.74) is 5.34. The van der Waals surface area contributed by atoms with Gasteiger partial charge in [0.05, 0.1) is 0 Å². The Morgan fingerprint density at radius 3 is 2.69 bits per heavy atom. The molecule has 5 nitrogen and oxygen atoms in total. The molecule has 0 saturated carbocycles. The lowest BCUT2D eigenvalue weighted by Gasteiger charge is -2.12. The van der Waals surface area contributed by atoms with Gasteiger partial charge in [-0.25, -0.2) is 0 Å². The van der Waals surface area contributed by atoms with E-state index >= 15 is 0 Å². The van der Waals surface area contributed by atoms with E-state index in [0.29, 0.717) is 12.8 Å². The van der Waals surface area contributed by atoms with E-state index in [9.17, 15) is 4.79 Å². The second-order valence-corrected chi connectivity index (χ2v) is 4.07. The highest BCUT2D eigenvalue weighted by Gasteiger charge is 2.08. The zero-order valence-corrected chi connectivity index (χ0v) is 10.2.